The largest absolute Gasteiger partial charge is 0.397 e. The molecule has 0 spiro atoms. The number of para-hydroxylation sites is 2. The predicted molar refractivity (Wildman–Crippen MR) is 97.2 cm³/mol. The number of rotatable bonds is 5. The summed E-state index contributed by atoms with van der Waals surface area (Å²) in [6.07, 6.45) is 0.270. The number of hydrogen-bond acceptors (Lipinski definition) is 4. The molecule has 1 fully saturated rings. The third-order valence-corrected chi connectivity index (χ3v) is 3.62. The molecular formula is C15H24Cl2N4O2. The molecule has 1 aliphatic heterocycles. The highest BCUT2D eigenvalue weighted by atomic mass is 35.5. The lowest BCUT2D eigenvalue weighted by atomic mass is 10.1. The van der Waals surface area contributed by atoms with Gasteiger partial charge in [0.1, 0.15) is 0 Å². The molecule has 8 heteroatoms. The quantitative estimate of drug-likeness (QED) is 0.777. The van der Waals surface area contributed by atoms with Gasteiger partial charge in [0.05, 0.1) is 17.3 Å². The SMILES string of the molecule is CN(C)CCN1CC(C(=O)Nc2ccccc2N)CC1=O.Cl.Cl. The second-order valence-corrected chi connectivity index (χ2v) is 5.62. The number of nitrogens with two attached hydrogens (primary N) is 1. The van der Waals surface area contributed by atoms with Crippen molar-refractivity contribution < 1.29 is 9.59 Å². The molecule has 130 valence electrons. The van der Waals surface area contributed by atoms with Gasteiger partial charge in [0.25, 0.3) is 0 Å². The van der Waals surface area contributed by atoms with Crippen LogP contribution >= 0.6 is 24.8 Å². The van der Waals surface area contributed by atoms with Crippen LogP contribution in [0.3, 0.4) is 0 Å². The molecule has 0 aromatic heterocycles. The summed E-state index contributed by atoms with van der Waals surface area (Å²) in [6, 6.07) is 7.12. The Labute approximate surface area is 149 Å². The Hall–Kier alpha value is -1.50. The molecule has 1 heterocycles. The number of nitrogen functional groups attached to an aromatic ring is 1. The first-order chi connectivity index (χ1) is 9.97. The molecule has 6 nitrogen and oxygen atoms in total. The van der Waals surface area contributed by atoms with Crippen LogP contribution in [0.15, 0.2) is 24.3 Å². The number of likely N-dealkylation sites (tertiary alicyclic amines) is 1. The van der Waals surface area contributed by atoms with Gasteiger partial charge in [0.2, 0.25) is 11.8 Å². The zero-order valence-electron chi connectivity index (χ0n) is 13.3. The highest BCUT2D eigenvalue weighted by molar-refractivity contribution is 5.99. The lowest BCUT2D eigenvalue weighted by Crippen LogP contribution is -2.34. The molecule has 3 N–H and O–H groups in total. The molecular weight excluding hydrogens is 339 g/mol. The van der Waals surface area contributed by atoms with Gasteiger partial charge in [-0.15, -0.1) is 24.8 Å². The maximum absolute atomic E-state index is 12.2. The number of nitrogens with one attached hydrogen (secondary N) is 1. The summed E-state index contributed by atoms with van der Waals surface area (Å²) in [7, 11) is 3.92. The Balaban J connectivity index is 0.00000242. The zero-order valence-corrected chi connectivity index (χ0v) is 15.0. The lowest BCUT2D eigenvalue weighted by molar-refractivity contribution is -0.128. The van der Waals surface area contributed by atoms with Crippen LogP contribution in [0, 0.1) is 5.92 Å². The first-order valence-electron chi connectivity index (χ1n) is 7.05. The van der Waals surface area contributed by atoms with Crippen LogP contribution in [-0.4, -0.2) is 55.3 Å². The van der Waals surface area contributed by atoms with Crippen LogP contribution in [0.25, 0.3) is 0 Å². The monoisotopic (exact) mass is 362 g/mol. The molecule has 0 radical (unpaired) electrons. The lowest BCUT2D eigenvalue weighted by Gasteiger charge is -2.19. The fraction of sp³-hybridized carbons (Fsp3) is 0.467. The van der Waals surface area contributed by atoms with Crippen molar-refractivity contribution in [3.05, 3.63) is 24.3 Å². The highest BCUT2D eigenvalue weighted by Gasteiger charge is 2.34. The van der Waals surface area contributed by atoms with Crippen molar-refractivity contribution in [2.45, 2.75) is 6.42 Å². The first-order valence-corrected chi connectivity index (χ1v) is 7.05. The number of benzene rings is 1. The Morgan fingerprint density at radius 3 is 2.61 bits per heavy atom. The van der Waals surface area contributed by atoms with Crippen molar-refractivity contribution >= 4 is 48.0 Å². The Bertz CT molecular complexity index is 540. The third kappa shape index (κ3) is 5.89. The summed E-state index contributed by atoms with van der Waals surface area (Å²) in [4.78, 5) is 27.9. The first kappa shape index (κ1) is 21.5. The van der Waals surface area contributed by atoms with Gasteiger partial charge >= 0.3 is 0 Å². The standard InChI is InChI=1S/C15H22N4O2.2ClH/c1-18(2)7-8-19-10-11(9-14(19)20)15(21)17-13-6-4-3-5-12(13)16;;/h3-6,11H,7-10,16H2,1-2H3,(H,17,21);2*1H. The van der Waals surface area contributed by atoms with Gasteiger partial charge in [-0.25, -0.2) is 0 Å². The second kappa shape index (κ2) is 9.60. The highest BCUT2D eigenvalue weighted by Crippen LogP contribution is 2.22. The summed E-state index contributed by atoms with van der Waals surface area (Å²) in [5, 5.41) is 2.80. The second-order valence-electron chi connectivity index (χ2n) is 5.62. The number of likely N-dealkylation sites (N-methyl/N-ethyl adjacent to an activating group) is 1. The number of halogens is 2. The van der Waals surface area contributed by atoms with Crippen molar-refractivity contribution in [3.8, 4) is 0 Å². The maximum Gasteiger partial charge on any atom is 0.229 e. The van der Waals surface area contributed by atoms with Crippen molar-refractivity contribution in [1.82, 2.24) is 9.80 Å². The van der Waals surface area contributed by atoms with Crippen LogP contribution in [0.1, 0.15) is 6.42 Å². The molecule has 1 unspecified atom stereocenters. The van der Waals surface area contributed by atoms with E-state index in [1.165, 1.54) is 0 Å². The molecule has 1 aromatic rings. The van der Waals surface area contributed by atoms with Crippen molar-refractivity contribution in [3.63, 3.8) is 0 Å². The smallest absolute Gasteiger partial charge is 0.229 e. The van der Waals surface area contributed by atoms with Gasteiger partial charge in [-0.05, 0) is 26.2 Å². The fourth-order valence-electron chi connectivity index (χ4n) is 2.33. The normalized spacial score (nSPS) is 16.7. The van der Waals surface area contributed by atoms with Crippen LogP contribution in [-0.2, 0) is 9.59 Å². The molecule has 0 aliphatic carbocycles. The van der Waals surface area contributed by atoms with E-state index in [0.717, 1.165) is 6.54 Å². The summed E-state index contributed by atoms with van der Waals surface area (Å²) in [5.74, 6) is -0.411. The van der Waals surface area contributed by atoms with Crippen LogP contribution in [0.5, 0.6) is 0 Å². The third-order valence-electron chi connectivity index (χ3n) is 3.62. The topological polar surface area (TPSA) is 78.7 Å². The fourth-order valence-corrected chi connectivity index (χ4v) is 2.33. The summed E-state index contributed by atoms with van der Waals surface area (Å²) in [6.45, 7) is 1.93. The molecule has 0 saturated carbocycles. The van der Waals surface area contributed by atoms with E-state index in [1.54, 1.807) is 17.0 Å². The van der Waals surface area contributed by atoms with Gasteiger partial charge in [-0.2, -0.15) is 0 Å². The van der Waals surface area contributed by atoms with Gasteiger partial charge in [0, 0.05) is 26.1 Å². The Morgan fingerprint density at radius 2 is 2.00 bits per heavy atom. The number of anilines is 2. The molecule has 0 bridgehead atoms. The Kier molecular flexibility index (Phi) is 8.97. The van der Waals surface area contributed by atoms with E-state index in [1.807, 2.05) is 31.1 Å². The molecule has 1 atom stereocenters. The molecule has 1 aromatic carbocycles. The molecule has 2 amide bonds. The minimum atomic E-state index is -0.306. The summed E-state index contributed by atoms with van der Waals surface area (Å²) in [5.41, 5.74) is 6.93. The van der Waals surface area contributed by atoms with Crippen LogP contribution in [0.2, 0.25) is 0 Å². The van der Waals surface area contributed by atoms with E-state index < -0.39 is 0 Å². The number of carbonyl (C=O) groups is 2. The molecule has 1 aliphatic rings. The van der Waals surface area contributed by atoms with Crippen LogP contribution < -0.4 is 11.1 Å². The van der Waals surface area contributed by atoms with E-state index >= 15 is 0 Å². The van der Waals surface area contributed by atoms with Crippen molar-refractivity contribution in [2.75, 3.05) is 44.8 Å². The number of amides is 2. The summed E-state index contributed by atoms with van der Waals surface area (Å²) < 4.78 is 0. The average molecular weight is 363 g/mol. The van der Waals surface area contributed by atoms with E-state index in [2.05, 4.69) is 5.32 Å². The van der Waals surface area contributed by atoms with Gasteiger partial charge in [-0.3, -0.25) is 9.59 Å². The van der Waals surface area contributed by atoms with Crippen molar-refractivity contribution in [1.29, 1.82) is 0 Å². The minimum absolute atomic E-state index is 0. The van der Waals surface area contributed by atoms with Gasteiger partial charge < -0.3 is 20.9 Å². The number of carbonyl (C=O) groups excluding carboxylic acids is 2. The number of hydrogen-bond donors (Lipinski definition) is 2. The average Bonchev–Trinajstić information content (AvgIpc) is 2.80. The van der Waals surface area contributed by atoms with Crippen LogP contribution in [0.4, 0.5) is 11.4 Å². The predicted octanol–water partition coefficient (Wildman–Crippen LogP) is 1.46. The number of nitrogens with zero attached hydrogens (tertiary/aromatic N) is 2. The maximum atomic E-state index is 12.2. The van der Waals surface area contributed by atoms with E-state index in [4.69, 9.17) is 5.73 Å². The van der Waals surface area contributed by atoms with Gasteiger partial charge in [-0.1, -0.05) is 12.1 Å². The Morgan fingerprint density at radius 1 is 1.35 bits per heavy atom. The molecule has 1 saturated heterocycles. The van der Waals surface area contributed by atoms with E-state index in [9.17, 15) is 9.59 Å². The molecule has 23 heavy (non-hydrogen) atoms. The zero-order chi connectivity index (χ0) is 15.4. The molecule has 2 rings (SSSR count). The minimum Gasteiger partial charge on any atom is -0.397 e. The summed E-state index contributed by atoms with van der Waals surface area (Å²) >= 11 is 0. The van der Waals surface area contributed by atoms with E-state index in [-0.39, 0.29) is 49.0 Å². The van der Waals surface area contributed by atoms with Gasteiger partial charge in [0.15, 0.2) is 0 Å². The van der Waals surface area contributed by atoms with E-state index in [0.29, 0.717) is 24.5 Å². The van der Waals surface area contributed by atoms with Crippen molar-refractivity contribution in [2.24, 2.45) is 5.92 Å².